The first-order valence-electron chi connectivity index (χ1n) is 7.46. The van der Waals surface area contributed by atoms with Crippen LogP contribution in [-0.2, 0) is 10.0 Å². The van der Waals surface area contributed by atoms with Crippen LogP contribution in [0, 0.1) is 16.7 Å². The second-order valence-corrected chi connectivity index (χ2v) is 8.67. The third kappa shape index (κ3) is 2.94. The molecule has 0 amide bonds. The van der Waals surface area contributed by atoms with E-state index in [4.69, 9.17) is 0 Å². The Labute approximate surface area is 128 Å². The lowest BCUT2D eigenvalue weighted by molar-refractivity contribution is 0.457. The van der Waals surface area contributed by atoms with Gasteiger partial charge in [-0.2, -0.15) is 0 Å². The van der Waals surface area contributed by atoms with Gasteiger partial charge in [-0.15, -0.1) is 0 Å². The normalized spacial score (nSPS) is 20.2. The zero-order valence-electron chi connectivity index (χ0n) is 13.5. The number of hydrogen-bond donors (Lipinski definition) is 2. The number of anilines is 1. The summed E-state index contributed by atoms with van der Waals surface area (Å²) in [6, 6.07) is 6.94. The minimum absolute atomic E-state index is 0.307. The number of rotatable bonds is 6. The van der Waals surface area contributed by atoms with Crippen molar-refractivity contribution in [1.29, 1.82) is 0 Å². The van der Waals surface area contributed by atoms with E-state index in [0.29, 0.717) is 28.2 Å². The summed E-state index contributed by atoms with van der Waals surface area (Å²) in [5, 5.41) is 3.41. The first-order valence-corrected chi connectivity index (χ1v) is 8.95. The van der Waals surface area contributed by atoms with Gasteiger partial charge < -0.3 is 5.32 Å². The molecule has 21 heavy (non-hydrogen) atoms. The largest absolute Gasteiger partial charge is 0.385 e. The van der Waals surface area contributed by atoms with Gasteiger partial charge in [-0.25, -0.2) is 13.1 Å². The SMILES string of the molecule is CCNS(=O)(=O)c1ccc(NCC2C(C)(C)C2(C)C)cc1. The van der Waals surface area contributed by atoms with Crippen LogP contribution in [0.15, 0.2) is 29.2 Å². The van der Waals surface area contributed by atoms with E-state index in [2.05, 4.69) is 37.7 Å². The Bertz CT molecular complexity index is 590. The van der Waals surface area contributed by atoms with Gasteiger partial charge in [0.15, 0.2) is 0 Å². The molecule has 1 saturated carbocycles. The first-order chi connectivity index (χ1) is 9.63. The molecule has 0 aliphatic heterocycles. The van der Waals surface area contributed by atoms with Gasteiger partial charge in [0.2, 0.25) is 10.0 Å². The lowest BCUT2D eigenvalue weighted by Crippen LogP contribution is -2.23. The Morgan fingerprint density at radius 2 is 1.57 bits per heavy atom. The summed E-state index contributed by atoms with van der Waals surface area (Å²) in [7, 11) is -3.36. The van der Waals surface area contributed by atoms with Crippen LogP contribution in [0.1, 0.15) is 34.6 Å². The van der Waals surface area contributed by atoms with Crippen LogP contribution >= 0.6 is 0 Å². The molecule has 5 heteroatoms. The summed E-state index contributed by atoms with van der Waals surface area (Å²) in [5.41, 5.74) is 1.67. The predicted octanol–water partition coefficient (Wildman–Crippen LogP) is 3.08. The molecule has 1 aromatic rings. The molecule has 1 aliphatic rings. The fraction of sp³-hybridized carbons (Fsp3) is 0.625. The summed E-state index contributed by atoms with van der Waals surface area (Å²) >= 11 is 0. The Morgan fingerprint density at radius 3 is 2.00 bits per heavy atom. The Hall–Kier alpha value is -1.07. The summed E-state index contributed by atoms with van der Waals surface area (Å²) < 4.78 is 26.2. The van der Waals surface area contributed by atoms with Crippen molar-refractivity contribution in [2.75, 3.05) is 18.4 Å². The number of nitrogens with one attached hydrogen (secondary N) is 2. The second-order valence-electron chi connectivity index (χ2n) is 6.90. The highest BCUT2D eigenvalue weighted by atomic mass is 32.2. The van der Waals surface area contributed by atoms with Crippen molar-refractivity contribution in [3.05, 3.63) is 24.3 Å². The molecule has 0 bridgehead atoms. The third-order valence-electron chi connectivity index (χ3n) is 5.33. The van der Waals surface area contributed by atoms with Crippen molar-refractivity contribution in [2.24, 2.45) is 16.7 Å². The van der Waals surface area contributed by atoms with E-state index in [1.165, 1.54) is 0 Å². The van der Waals surface area contributed by atoms with E-state index in [-0.39, 0.29) is 0 Å². The van der Waals surface area contributed by atoms with E-state index in [1.807, 2.05) is 12.1 Å². The molecule has 0 radical (unpaired) electrons. The van der Waals surface area contributed by atoms with Gasteiger partial charge in [-0.1, -0.05) is 34.6 Å². The molecule has 2 N–H and O–H groups in total. The van der Waals surface area contributed by atoms with Crippen molar-refractivity contribution >= 4 is 15.7 Å². The first kappa shape index (κ1) is 16.3. The Morgan fingerprint density at radius 1 is 1.05 bits per heavy atom. The molecule has 1 aromatic carbocycles. The number of hydrogen-bond acceptors (Lipinski definition) is 3. The van der Waals surface area contributed by atoms with E-state index in [1.54, 1.807) is 19.1 Å². The van der Waals surface area contributed by atoms with Gasteiger partial charge in [0, 0.05) is 18.8 Å². The third-order valence-corrected chi connectivity index (χ3v) is 6.89. The zero-order valence-corrected chi connectivity index (χ0v) is 14.3. The van der Waals surface area contributed by atoms with Crippen LogP contribution in [0.4, 0.5) is 5.69 Å². The lowest BCUT2D eigenvalue weighted by Gasteiger charge is -2.09. The topological polar surface area (TPSA) is 58.2 Å². The predicted molar refractivity (Wildman–Crippen MR) is 86.8 cm³/mol. The molecule has 4 nitrogen and oxygen atoms in total. The van der Waals surface area contributed by atoms with Crippen LogP contribution in [0.3, 0.4) is 0 Å². The van der Waals surface area contributed by atoms with Gasteiger partial charge >= 0.3 is 0 Å². The summed E-state index contributed by atoms with van der Waals surface area (Å²) in [4.78, 5) is 0.307. The molecular formula is C16H26N2O2S. The standard InChI is InChI=1S/C16H26N2O2S/c1-6-18-21(19,20)13-9-7-12(8-10-13)17-11-14-15(2,3)16(14,4)5/h7-10,14,17-18H,6,11H2,1-5H3. The molecule has 1 fully saturated rings. The summed E-state index contributed by atoms with van der Waals surface area (Å²) in [5.74, 6) is 0.634. The summed E-state index contributed by atoms with van der Waals surface area (Å²) in [6.45, 7) is 12.3. The van der Waals surface area contributed by atoms with Crippen molar-refractivity contribution < 1.29 is 8.42 Å². The zero-order chi connectivity index (χ0) is 15.9. The molecule has 0 heterocycles. The summed E-state index contributed by atoms with van der Waals surface area (Å²) in [6.07, 6.45) is 0. The Kier molecular flexibility index (Phi) is 4.10. The molecule has 0 saturated heterocycles. The van der Waals surface area contributed by atoms with Crippen molar-refractivity contribution in [2.45, 2.75) is 39.5 Å². The van der Waals surface area contributed by atoms with E-state index >= 15 is 0 Å². The van der Waals surface area contributed by atoms with Gasteiger partial charge in [-0.05, 0) is 41.0 Å². The minimum atomic E-state index is -3.36. The second kappa shape index (κ2) is 5.29. The monoisotopic (exact) mass is 310 g/mol. The van der Waals surface area contributed by atoms with Crippen molar-refractivity contribution in [3.8, 4) is 0 Å². The van der Waals surface area contributed by atoms with Crippen molar-refractivity contribution in [3.63, 3.8) is 0 Å². The van der Waals surface area contributed by atoms with Crippen molar-refractivity contribution in [1.82, 2.24) is 4.72 Å². The molecule has 0 atom stereocenters. The van der Waals surface area contributed by atoms with Gasteiger partial charge in [0.25, 0.3) is 0 Å². The van der Waals surface area contributed by atoms with Crippen LogP contribution in [0.5, 0.6) is 0 Å². The van der Waals surface area contributed by atoms with Gasteiger partial charge in [0.1, 0.15) is 0 Å². The molecule has 0 spiro atoms. The quantitative estimate of drug-likeness (QED) is 0.849. The lowest BCUT2D eigenvalue weighted by atomic mass is 10.0. The average molecular weight is 310 g/mol. The number of benzene rings is 1. The van der Waals surface area contributed by atoms with Gasteiger partial charge in [-0.3, -0.25) is 0 Å². The maximum Gasteiger partial charge on any atom is 0.240 e. The van der Waals surface area contributed by atoms with Crippen LogP contribution in [0.2, 0.25) is 0 Å². The maximum atomic E-state index is 11.9. The highest BCUT2D eigenvalue weighted by molar-refractivity contribution is 7.89. The van der Waals surface area contributed by atoms with Gasteiger partial charge in [0.05, 0.1) is 4.90 Å². The molecule has 0 unspecified atom stereocenters. The maximum absolute atomic E-state index is 11.9. The fourth-order valence-corrected chi connectivity index (χ4v) is 4.13. The van der Waals surface area contributed by atoms with E-state index < -0.39 is 10.0 Å². The number of sulfonamides is 1. The van der Waals surface area contributed by atoms with E-state index in [9.17, 15) is 8.42 Å². The molecule has 2 rings (SSSR count). The molecular weight excluding hydrogens is 284 g/mol. The fourth-order valence-electron chi connectivity index (χ4n) is 3.09. The van der Waals surface area contributed by atoms with Crippen LogP contribution in [-0.4, -0.2) is 21.5 Å². The molecule has 118 valence electrons. The molecule has 0 aromatic heterocycles. The van der Waals surface area contributed by atoms with Crippen LogP contribution in [0.25, 0.3) is 0 Å². The highest BCUT2D eigenvalue weighted by Gasteiger charge is 2.63. The smallest absolute Gasteiger partial charge is 0.240 e. The van der Waals surface area contributed by atoms with Crippen LogP contribution < -0.4 is 10.0 Å². The highest BCUT2D eigenvalue weighted by Crippen LogP contribution is 2.68. The van der Waals surface area contributed by atoms with E-state index in [0.717, 1.165) is 12.2 Å². The minimum Gasteiger partial charge on any atom is -0.385 e. The Balaban J connectivity index is 1.99. The molecule has 1 aliphatic carbocycles. The average Bonchev–Trinajstić information content (AvgIpc) is 2.77.